The van der Waals surface area contributed by atoms with Gasteiger partial charge in [-0.15, -0.1) is 11.3 Å². The molecule has 3 rings (SSSR count). The Hall–Kier alpha value is -2.14. The van der Waals surface area contributed by atoms with E-state index in [1.54, 1.807) is 11.3 Å². The van der Waals surface area contributed by atoms with Gasteiger partial charge >= 0.3 is 11.7 Å². The van der Waals surface area contributed by atoms with Crippen LogP contribution in [0.5, 0.6) is 6.08 Å². The monoisotopic (exact) mass is 385 g/mol. The third-order valence-corrected chi connectivity index (χ3v) is 5.67. The van der Waals surface area contributed by atoms with Crippen molar-refractivity contribution in [3.63, 3.8) is 0 Å². The molecule has 3 aromatic rings. The molecule has 1 aromatic carbocycles. The van der Waals surface area contributed by atoms with Crippen molar-refractivity contribution >= 4 is 21.6 Å². The molecule has 2 heterocycles. The Morgan fingerprint density at radius 3 is 2.63 bits per heavy atom. The fourth-order valence-corrected chi connectivity index (χ4v) is 4.04. The molecule has 0 aliphatic rings. The Labute approximate surface area is 164 Å². The van der Waals surface area contributed by atoms with Gasteiger partial charge in [0.1, 0.15) is 4.83 Å². The number of unbranched alkanes of at least 4 members (excludes halogenated alkanes) is 5. The number of ether oxygens (including phenoxy) is 1. The van der Waals surface area contributed by atoms with Gasteiger partial charge in [0.15, 0.2) is 0 Å². The molecule has 0 aliphatic heterocycles. The molecule has 0 saturated heterocycles. The molecule has 0 bridgehead atoms. The molecule has 0 aliphatic carbocycles. The second-order valence-electron chi connectivity index (χ2n) is 6.80. The van der Waals surface area contributed by atoms with E-state index in [2.05, 4.69) is 24.0 Å². The zero-order valence-electron chi connectivity index (χ0n) is 15.9. The number of thiophene rings is 1. The number of hydrogen-bond donors (Lipinski definition) is 0. The highest BCUT2D eigenvalue weighted by Crippen LogP contribution is 2.24. The van der Waals surface area contributed by atoms with E-state index in [0.29, 0.717) is 16.8 Å². The van der Waals surface area contributed by atoms with Gasteiger partial charge in [0.25, 0.3) is 0 Å². The van der Waals surface area contributed by atoms with Crippen LogP contribution >= 0.6 is 11.3 Å². The van der Waals surface area contributed by atoms with Gasteiger partial charge in [-0.05, 0) is 30.9 Å². The maximum atomic E-state index is 12.2. The van der Waals surface area contributed by atoms with Gasteiger partial charge in [0.05, 0.1) is 12.0 Å². The summed E-state index contributed by atoms with van der Waals surface area (Å²) in [6.07, 6.45) is 9.06. The van der Waals surface area contributed by atoms with Crippen LogP contribution in [0.1, 0.15) is 55.9 Å². The number of rotatable bonds is 11. The number of fused-ring (bicyclic) bond motifs is 1. The van der Waals surface area contributed by atoms with E-state index in [4.69, 9.17) is 9.15 Å². The van der Waals surface area contributed by atoms with E-state index in [9.17, 15) is 4.79 Å². The standard InChI is InChI=1S/C22H27NO3S/c1-2-3-4-5-6-10-15-25-22-23-20-19(21(24)26-22)16-18(27-20)14-13-17-11-8-7-9-12-17/h7-9,11-12,16H,2-6,10,13-15H2,1H3. The summed E-state index contributed by atoms with van der Waals surface area (Å²) in [6.45, 7) is 2.75. The van der Waals surface area contributed by atoms with E-state index in [-0.39, 0.29) is 11.7 Å². The average Bonchev–Trinajstić information content (AvgIpc) is 3.10. The van der Waals surface area contributed by atoms with E-state index >= 15 is 0 Å². The summed E-state index contributed by atoms with van der Waals surface area (Å²) in [5, 5.41) is 0.551. The van der Waals surface area contributed by atoms with Crippen LogP contribution in [-0.4, -0.2) is 11.6 Å². The lowest BCUT2D eigenvalue weighted by molar-refractivity contribution is 0.211. The van der Waals surface area contributed by atoms with E-state index in [1.807, 2.05) is 24.3 Å². The van der Waals surface area contributed by atoms with Crippen molar-refractivity contribution in [3.8, 4) is 6.08 Å². The highest BCUT2D eigenvalue weighted by Gasteiger charge is 2.12. The number of benzene rings is 1. The van der Waals surface area contributed by atoms with E-state index < -0.39 is 0 Å². The van der Waals surface area contributed by atoms with Crippen molar-refractivity contribution < 1.29 is 9.15 Å². The van der Waals surface area contributed by atoms with E-state index in [1.165, 1.54) is 31.2 Å². The lowest BCUT2D eigenvalue weighted by atomic mass is 10.1. The molecular formula is C22H27NO3S. The summed E-state index contributed by atoms with van der Waals surface area (Å²) < 4.78 is 10.8. The fraction of sp³-hybridized carbons (Fsp3) is 0.455. The Bertz CT molecular complexity index is 885. The maximum Gasteiger partial charge on any atom is 0.397 e. The minimum Gasteiger partial charge on any atom is -0.450 e. The van der Waals surface area contributed by atoms with Gasteiger partial charge < -0.3 is 9.15 Å². The van der Waals surface area contributed by atoms with Gasteiger partial charge in [0.2, 0.25) is 0 Å². The fourth-order valence-electron chi connectivity index (χ4n) is 3.04. The Balaban J connectivity index is 1.55. The molecule has 2 aromatic heterocycles. The van der Waals surface area contributed by atoms with Crippen molar-refractivity contribution in [3.05, 3.63) is 57.3 Å². The van der Waals surface area contributed by atoms with Crippen LogP contribution in [0.4, 0.5) is 0 Å². The maximum absolute atomic E-state index is 12.2. The van der Waals surface area contributed by atoms with Crippen LogP contribution in [0.2, 0.25) is 0 Å². The summed E-state index contributed by atoms with van der Waals surface area (Å²) in [4.78, 5) is 18.4. The zero-order valence-corrected chi connectivity index (χ0v) is 16.7. The molecule has 27 heavy (non-hydrogen) atoms. The van der Waals surface area contributed by atoms with Crippen molar-refractivity contribution in [2.45, 2.75) is 58.3 Å². The minimum absolute atomic E-state index is 0.0949. The highest BCUT2D eigenvalue weighted by atomic mass is 32.1. The molecule has 0 saturated carbocycles. The molecule has 0 spiro atoms. The van der Waals surface area contributed by atoms with Crippen LogP contribution in [0.3, 0.4) is 0 Å². The molecular weight excluding hydrogens is 358 g/mol. The highest BCUT2D eigenvalue weighted by molar-refractivity contribution is 7.18. The lowest BCUT2D eigenvalue weighted by Gasteiger charge is -2.03. The first-order valence-corrected chi connectivity index (χ1v) is 10.7. The Morgan fingerprint density at radius 2 is 1.81 bits per heavy atom. The van der Waals surface area contributed by atoms with Gasteiger partial charge in [0, 0.05) is 4.88 Å². The Kier molecular flexibility index (Phi) is 7.45. The van der Waals surface area contributed by atoms with Gasteiger partial charge in [-0.1, -0.05) is 69.4 Å². The van der Waals surface area contributed by atoms with Gasteiger partial charge in [-0.3, -0.25) is 0 Å². The molecule has 0 N–H and O–H groups in total. The summed E-state index contributed by atoms with van der Waals surface area (Å²) in [6, 6.07) is 12.3. The molecule has 0 unspecified atom stereocenters. The predicted octanol–water partition coefficient (Wildman–Crippen LogP) is 5.77. The third kappa shape index (κ3) is 5.93. The second kappa shape index (κ2) is 10.3. The van der Waals surface area contributed by atoms with Crippen molar-refractivity contribution in [2.75, 3.05) is 6.61 Å². The molecule has 144 valence electrons. The molecule has 4 nitrogen and oxygen atoms in total. The average molecular weight is 386 g/mol. The molecule has 0 atom stereocenters. The van der Waals surface area contributed by atoms with Crippen LogP contribution in [-0.2, 0) is 12.8 Å². The van der Waals surface area contributed by atoms with Crippen LogP contribution < -0.4 is 10.4 Å². The first-order valence-electron chi connectivity index (χ1n) is 9.86. The first kappa shape index (κ1) is 19.6. The quantitative estimate of drug-likeness (QED) is 0.393. The summed E-state index contributed by atoms with van der Waals surface area (Å²) in [5.74, 6) is 0. The summed E-state index contributed by atoms with van der Waals surface area (Å²) >= 11 is 1.55. The minimum atomic E-state index is -0.361. The summed E-state index contributed by atoms with van der Waals surface area (Å²) in [5.41, 5.74) is 0.929. The summed E-state index contributed by atoms with van der Waals surface area (Å²) in [7, 11) is 0. The van der Waals surface area contributed by atoms with Gasteiger partial charge in [-0.25, -0.2) is 4.79 Å². The smallest absolute Gasteiger partial charge is 0.397 e. The molecule has 0 fully saturated rings. The van der Waals surface area contributed by atoms with Crippen molar-refractivity contribution in [2.24, 2.45) is 0 Å². The molecule has 0 radical (unpaired) electrons. The van der Waals surface area contributed by atoms with Crippen LogP contribution in [0, 0.1) is 0 Å². The molecule has 5 heteroatoms. The third-order valence-electron chi connectivity index (χ3n) is 4.58. The van der Waals surface area contributed by atoms with Crippen LogP contribution in [0.25, 0.3) is 10.2 Å². The van der Waals surface area contributed by atoms with Crippen molar-refractivity contribution in [1.82, 2.24) is 4.98 Å². The van der Waals surface area contributed by atoms with Crippen molar-refractivity contribution in [1.29, 1.82) is 0 Å². The first-order chi connectivity index (χ1) is 13.3. The number of hydrogen-bond acceptors (Lipinski definition) is 5. The number of aryl methyl sites for hydroxylation is 2. The lowest BCUT2D eigenvalue weighted by Crippen LogP contribution is -2.05. The van der Waals surface area contributed by atoms with E-state index in [0.717, 1.165) is 30.6 Å². The van der Waals surface area contributed by atoms with Gasteiger partial charge in [-0.2, -0.15) is 4.98 Å². The molecule has 0 amide bonds. The largest absolute Gasteiger partial charge is 0.450 e. The van der Waals surface area contributed by atoms with Crippen LogP contribution in [0.15, 0.2) is 45.6 Å². The topological polar surface area (TPSA) is 52.3 Å². The normalized spacial score (nSPS) is 11.1. The number of nitrogens with zero attached hydrogens (tertiary/aromatic N) is 1. The number of aromatic nitrogens is 1. The Morgan fingerprint density at radius 1 is 1.04 bits per heavy atom. The predicted molar refractivity (Wildman–Crippen MR) is 111 cm³/mol. The zero-order chi connectivity index (χ0) is 18.9. The second-order valence-corrected chi connectivity index (χ2v) is 7.92. The SMILES string of the molecule is CCCCCCCCOc1nc2sc(CCc3ccccc3)cc2c(=O)o1.